The molecule has 1 N–H and O–H groups in total. The molecule has 3 heteroatoms. The van der Waals surface area contributed by atoms with Crippen LogP contribution in [0.15, 0.2) is 12.1 Å². The van der Waals surface area contributed by atoms with Gasteiger partial charge in [-0.05, 0) is 68.7 Å². The Morgan fingerprint density at radius 1 is 1.37 bits per heavy atom. The van der Waals surface area contributed by atoms with Gasteiger partial charge in [-0.25, -0.2) is 4.39 Å². The van der Waals surface area contributed by atoms with Crippen LogP contribution in [0.5, 0.6) is 0 Å². The zero-order valence-electron chi connectivity index (χ0n) is 11.8. The first-order valence-corrected chi connectivity index (χ1v) is 7.62. The predicted molar refractivity (Wildman–Crippen MR) is 79.3 cm³/mol. The maximum Gasteiger partial charge on any atom is 0.127 e. The van der Waals surface area contributed by atoms with E-state index in [1.807, 2.05) is 6.07 Å². The van der Waals surface area contributed by atoms with Crippen molar-refractivity contribution in [3.63, 3.8) is 0 Å². The summed E-state index contributed by atoms with van der Waals surface area (Å²) in [6, 6.07) is 4.11. The van der Waals surface area contributed by atoms with Crippen LogP contribution >= 0.6 is 11.6 Å². The molecule has 1 fully saturated rings. The van der Waals surface area contributed by atoms with E-state index in [9.17, 15) is 4.39 Å². The van der Waals surface area contributed by atoms with E-state index >= 15 is 0 Å². The molecule has 0 heterocycles. The van der Waals surface area contributed by atoms with Gasteiger partial charge in [-0.3, -0.25) is 0 Å². The summed E-state index contributed by atoms with van der Waals surface area (Å²) in [5.41, 5.74) is 1.75. The molecule has 1 aliphatic carbocycles. The van der Waals surface area contributed by atoms with Gasteiger partial charge in [-0.15, -0.1) is 0 Å². The van der Waals surface area contributed by atoms with E-state index in [1.54, 1.807) is 6.92 Å². The normalized spacial score (nSPS) is 16.6. The lowest BCUT2D eigenvalue weighted by Gasteiger charge is -2.13. The smallest absolute Gasteiger partial charge is 0.127 e. The highest BCUT2D eigenvalue weighted by Crippen LogP contribution is 2.24. The second kappa shape index (κ2) is 6.71. The molecule has 1 saturated carbocycles. The summed E-state index contributed by atoms with van der Waals surface area (Å²) in [6.07, 6.45) is 5.94. The van der Waals surface area contributed by atoms with Crippen LogP contribution in [0.3, 0.4) is 0 Å². The molecule has 0 radical (unpaired) electrons. The Labute approximate surface area is 120 Å². The van der Waals surface area contributed by atoms with Crippen molar-refractivity contribution in [2.45, 2.75) is 52.0 Å². The van der Waals surface area contributed by atoms with Gasteiger partial charge in [0.25, 0.3) is 0 Å². The molecule has 1 nitrogen and oxygen atoms in total. The number of benzene rings is 1. The van der Waals surface area contributed by atoms with Crippen LogP contribution < -0.4 is 5.32 Å². The van der Waals surface area contributed by atoms with Crippen LogP contribution in [0.4, 0.5) is 4.39 Å². The van der Waals surface area contributed by atoms with E-state index in [4.69, 9.17) is 11.6 Å². The van der Waals surface area contributed by atoms with Crippen LogP contribution in [0.25, 0.3) is 0 Å². The molecule has 1 aliphatic rings. The van der Waals surface area contributed by atoms with Gasteiger partial charge < -0.3 is 5.32 Å². The SMILES string of the molecule is Cc1cc(CCC(C)CCNC2CC2)c(Cl)cc1F. The summed E-state index contributed by atoms with van der Waals surface area (Å²) in [4.78, 5) is 0. The molecule has 0 aromatic heterocycles. The molecule has 0 aliphatic heterocycles. The Kier molecular flexibility index (Phi) is 5.23. The molecule has 1 aromatic carbocycles. The molecule has 0 bridgehead atoms. The van der Waals surface area contributed by atoms with Gasteiger partial charge in [-0.2, -0.15) is 0 Å². The second-order valence-electron chi connectivity index (χ2n) is 5.85. The summed E-state index contributed by atoms with van der Waals surface area (Å²) in [7, 11) is 0. The Hall–Kier alpha value is -0.600. The topological polar surface area (TPSA) is 12.0 Å². The maximum atomic E-state index is 13.3. The van der Waals surface area contributed by atoms with Crippen molar-refractivity contribution in [1.29, 1.82) is 0 Å². The predicted octanol–water partition coefficient (Wildman–Crippen LogP) is 4.50. The average Bonchev–Trinajstić information content (AvgIpc) is 3.16. The van der Waals surface area contributed by atoms with Crippen molar-refractivity contribution in [3.8, 4) is 0 Å². The number of hydrogen-bond acceptors (Lipinski definition) is 1. The molecule has 0 saturated heterocycles. The fraction of sp³-hybridized carbons (Fsp3) is 0.625. The van der Waals surface area contributed by atoms with Gasteiger partial charge >= 0.3 is 0 Å². The minimum absolute atomic E-state index is 0.213. The molecule has 2 rings (SSSR count). The van der Waals surface area contributed by atoms with Crippen molar-refractivity contribution in [1.82, 2.24) is 5.32 Å². The van der Waals surface area contributed by atoms with Gasteiger partial charge in [0, 0.05) is 11.1 Å². The lowest BCUT2D eigenvalue weighted by atomic mass is 9.97. The van der Waals surface area contributed by atoms with E-state index in [0.717, 1.165) is 31.0 Å². The second-order valence-corrected chi connectivity index (χ2v) is 6.26. The summed E-state index contributed by atoms with van der Waals surface area (Å²) in [5.74, 6) is 0.461. The standard InChI is InChI=1S/C16H23ClFN/c1-11(7-8-19-14-5-6-14)3-4-13-9-12(2)16(18)10-15(13)17/h9-11,14,19H,3-8H2,1-2H3. The lowest BCUT2D eigenvalue weighted by molar-refractivity contribution is 0.469. The van der Waals surface area contributed by atoms with E-state index in [0.29, 0.717) is 16.5 Å². The van der Waals surface area contributed by atoms with E-state index < -0.39 is 0 Å². The van der Waals surface area contributed by atoms with Crippen LogP contribution in [0.1, 0.15) is 43.7 Å². The quantitative estimate of drug-likeness (QED) is 0.777. The molecule has 1 unspecified atom stereocenters. The van der Waals surface area contributed by atoms with Crippen molar-refractivity contribution >= 4 is 11.6 Å². The average molecular weight is 284 g/mol. The van der Waals surface area contributed by atoms with E-state index in [-0.39, 0.29) is 5.82 Å². The first-order valence-electron chi connectivity index (χ1n) is 7.24. The largest absolute Gasteiger partial charge is 0.314 e. The summed E-state index contributed by atoms with van der Waals surface area (Å²) >= 11 is 6.09. The number of hydrogen-bond donors (Lipinski definition) is 1. The Bertz CT molecular complexity index is 429. The third kappa shape index (κ3) is 4.77. The fourth-order valence-corrected chi connectivity index (χ4v) is 2.52. The first-order chi connectivity index (χ1) is 9.06. The fourth-order valence-electron chi connectivity index (χ4n) is 2.28. The van der Waals surface area contributed by atoms with Crippen LogP contribution in [0, 0.1) is 18.7 Å². The maximum absolute atomic E-state index is 13.3. The molecular weight excluding hydrogens is 261 g/mol. The van der Waals surface area contributed by atoms with Gasteiger partial charge in [0.05, 0.1) is 0 Å². The third-order valence-corrected chi connectivity index (χ3v) is 4.23. The van der Waals surface area contributed by atoms with E-state index in [2.05, 4.69) is 12.2 Å². The highest BCUT2D eigenvalue weighted by Gasteiger charge is 2.19. The minimum atomic E-state index is -0.213. The number of halogens is 2. The molecule has 1 aromatic rings. The molecule has 106 valence electrons. The highest BCUT2D eigenvalue weighted by molar-refractivity contribution is 6.31. The van der Waals surface area contributed by atoms with Crippen LogP contribution in [-0.4, -0.2) is 12.6 Å². The minimum Gasteiger partial charge on any atom is -0.314 e. The molecular formula is C16H23ClFN. The number of rotatable bonds is 7. The van der Waals surface area contributed by atoms with Gasteiger partial charge in [0.2, 0.25) is 0 Å². The Balaban J connectivity index is 1.75. The lowest BCUT2D eigenvalue weighted by Crippen LogP contribution is -2.19. The van der Waals surface area contributed by atoms with Crippen molar-refractivity contribution in [2.24, 2.45) is 5.92 Å². The van der Waals surface area contributed by atoms with Gasteiger partial charge in [-0.1, -0.05) is 24.6 Å². The summed E-state index contributed by atoms with van der Waals surface area (Å²) < 4.78 is 13.3. The monoisotopic (exact) mass is 283 g/mol. The molecule has 1 atom stereocenters. The summed E-state index contributed by atoms with van der Waals surface area (Å²) in [6.45, 7) is 5.18. The van der Waals surface area contributed by atoms with Crippen LogP contribution in [0.2, 0.25) is 5.02 Å². The summed E-state index contributed by atoms with van der Waals surface area (Å²) in [5, 5.41) is 4.10. The zero-order valence-corrected chi connectivity index (χ0v) is 12.6. The highest BCUT2D eigenvalue weighted by atomic mass is 35.5. The first kappa shape index (κ1) is 14.8. The van der Waals surface area contributed by atoms with E-state index in [1.165, 1.54) is 25.3 Å². The third-order valence-electron chi connectivity index (χ3n) is 3.88. The number of nitrogens with one attached hydrogen (secondary N) is 1. The molecule has 19 heavy (non-hydrogen) atoms. The number of aryl methyl sites for hydroxylation is 2. The van der Waals surface area contributed by atoms with Crippen LogP contribution in [-0.2, 0) is 6.42 Å². The van der Waals surface area contributed by atoms with Crippen molar-refractivity contribution in [3.05, 3.63) is 34.1 Å². The van der Waals surface area contributed by atoms with Crippen molar-refractivity contribution < 1.29 is 4.39 Å². The Morgan fingerprint density at radius 2 is 2.11 bits per heavy atom. The Morgan fingerprint density at radius 3 is 2.79 bits per heavy atom. The zero-order chi connectivity index (χ0) is 13.8. The van der Waals surface area contributed by atoms with Gasteiger partial charge in [0.1, 0.15) is 5.82 Å². The van der Waals surface area contributed by atoms with Gasteiger partial charge in [0.15, 0.2) is 0 Å². The molecule has 0 amide bonds. The molecule has 0 spiro atoms. The van der Waals surface area contributed by atoms with Crippen molar-refractivity contribution in [2.75, 3.05) is 6.54 Å².